The number of carbonyl (C=O) groups excluding carboxylic acids is 1. The number of amides is 1. The molecule has 0 aliphatic heterocycles. The van der Waals surface area contributed by atoms with E-state index in [1.54, 1.807) is 31.1 Å². The van der Waals surface area contributed by atoms with Crippen molar-refractivity contribution in [2.45, 2.75) is 17.9 Å². The predicted molar refractivity (Wildman–Crippen MR) is 80.2 cm³/mol. The van der Waals surface area contributed by atoms with Crippen LogP contribution in [-0.4, -0.2) is 39.9 Å². The zero-order valence-corrected chi connectivity index (χ0v) is 13.3. The fourth-order valence-corrected chi connectivity index (χ4v) is 2.17. The van der Waals surface area contributed by atoms with Gasteiger partial charge in [-0.2, -0.15) is 0 Å². The van der Waals surface area contributed by atoms with Gasteiger partial charge in [-0.3, -0.25) is 4.79 Å². The first-order valence-electron chi connectivity index (χ1n) is 5.80. The van der Waals surface area contributed by atoms with Crippen LogP contribution < -0.4 is 10.5 Å². The molecule has 0 saturated heterocycles. The Bertz CT molecular complexity index is 546. The molecule has 1 aromatic rings. The Labute approximate surface area is 125 Å². The Balaban J connectivity index is 0.00000361. The number of benzene rings is 1. The quantitative estimate of drug-likeness (QED) is 0.825. The van der Waals surface area contributed by atoms with Crippen molar-refractivity contribution in [2.24, 2.45) is 5.14 Å². The number of rotatable bonds is 5. The topological polar surface area (TPSA) is 92.5 Å². The zero-order chi connectivity index (χ0) is 14.6. The standard InChI is InChI=1S/C12H19N3O3S.ClH/c1-9(15(3)12(16)8-14-2)10-4-6-11(7-5-10)19(13,17)18;/h4-7,9,14H,8H2,1-3H3,(H2,13,17,18);1H. The van der Waals surface area contributed by atoms with E-state index in [-0.39, 0.29) is 35.8 Å². The zero-order valence-electron chi connectivity index (χ0n) is 11.7. The summed E-state index contributed by atoms with van der Waals surface area (Å²) in [7, 11) is -0.269. The molecule has 0 bridgehead atoms. The van der Waals surface area contributed by atoms with E-state index in [0.29, 0.717) is 0 Å². The van der Waals surface area contributed by atoms with Crippen LogP contribution in [0.25, 0.3) is 0 Å². The highest BCUT2D eigenvalue weighted by Crippen LogP contribution is 2.20. The smallest absolute Gasteiger partial charge is 0.238 e. The van der Waals surface area contributed by atoms with Gasteiger partial charge >= 0.3 is 0 Å². The molecule has 114 valence electrons. The summed E-state index contributed by atoms with van der Waals surface area (Å²) in [5.74, 6) is -0.0366. The van der Waals surface area contributed by atoms with E-state index in [9.17, 15) is 13.2 Å². The molecule has 3 N–H and O–H groups in total. The summed E-state index contributed by atoms with van der Waals surface area (Å²) in [5, 5.41) is 7.83. The summed E-state index contributed by atoms with van der Waals surface area (Å²) in [6, 6.07) is 6.06. The molecule has 1 unspecified atom stereocenters. The van der Waals surface area contributed by atoms with E-state index in [1.165, 1.54) is 12.1 Å². The first-order valence-corrected chi connectivity index (χ1v) is 7.35. The molecule has 0 radical (unpaired) electrons. The molecule has 1 aromatic carbocycles. The maximum atomic E-state index is 11.7. The first-order chi connectivity index (χ1) is 8.77. The Morgan fingerprint density at radius 3 is 2.25 bits per heavy atom. The highest BCUT2D eigenvalue weighted by atomic mass is 35.5. The first kappa shape index (κ1) is 18.9. The molecule has 0 aliphatic carbocycles. The third-order valence-corrected chi connectivity index (χ3v) is 3.92. The molecule has 0 aromatic heterocycles. The number of halogens is 1. The number of hydrogen-bond acceptors (Lipinski definition) is 4. The van der Waals surface area contributed by atoms with Gasteiger partial charge in [-0.15, -0.1) is 12.4 Å². The van der Waals surface area contributed by atoms with Gasteiger partial charge in [0.1, 0.15) is 0 Å². The minimum absolute atomic E-state index is 0. The van der Waals surface area contributed by atoms with Crippen LogP contribution in [0.2, 0.25) is 0 Å². The van der Waals surface area contributed by atoms with Crippen LogP contribution in [0.3, 0.4) is 0 Å². The molecule has 1 atom stereocenters. The van der Waals surface area contributed by atoms with Crippen molar-refractivity contribution in [1.29, 1.82) is 0 Å². The van der Waals surface area contributed by atoms with Crippen molar-refractivity contribution < 1.29 is 13.2 Å². The van der Waals surface area contributed by atoms with Crippen LogP contribution in [0, 0.1) is 0 Å². The fraction of sp³-hybridized carbons (Fsp3) is 0.417. The summed E-state index contributed by atoms with van der Waals surface area (Å²) in [6.45, 7) is 2.13. The highest BCUT2D eigenvalue weighted by molar-refractivity contribution is 7.89. The van der Waals surface area contributed by atoms with Crippen LogP contribution in [0.1, 0.15) is 18.5 Å². The third-order valence-electron chi connectivity index (χ3n) is 2.99. The van der Waals surface area contributed by atoms with E-state index in [2.05, 4.69) is 5.32 Å². The van der Waals surface area contributed by atoms with Crippen molar-refractivity contribution >= 4 is 28.3 Å². The largest absolute Gasteiger partial charge is 0.338 e. The van der Waals surface area contributed by atoms with Gasteiger partial charge < -0.3 is 10.2 Å². The summed E-state index contributed by atoms with van der Waals surface area (Å²) in [5.41, 5.74) is 0.847. The second-order valence-electron chi connectivity index (χ2n) is 4.32. The average molecular weight is 322 g/mol. The Morgan fingerprint density at radius 2 is 1.85 bits per heavy atom. The van der Waals surface area contributed by atoms with Crippen molar-refractivity contribution in [1.82, 2.24) is 10.2 Å². The minimum atomic E-state index is -3.68. The Kier molecular flexibility index (Phi) is 7.15. The molecule has 0 fully saturated rings. The molecular formula is C12H20ClN3O3S. The van der Waals surface area contributed by atoms with Crippen molar-refractivity contribution in [2.75, 3.05) is 20.6 Å². The molecule has 8 heteroatoms. The molecule has 6 nitrogen and oxygen atoms in total. The van der Waals surface area contributed by atoms with E-state index in [4.69, 9.17) is 5.14 Å². The number of hydrogen-bond donors (Lipinski definition) is 2. The molecule has 0 heterocycles. The summed E-state index contributed by atoms with van der Waals surface area (Å²) in [4.78, 5) is 13.4. The van der Waals surface area contributed by atoms with Gasteiger partial charge in [0.25, 0.3) is 0 Å². The lowest BCUT2D eigenvalue weighted by atomic mass is 10.1. The number of nitrogens with one attached hydrogen (secondary N) is 1. The summed E-state index contributed by atoms with van der Waals surface area (Å²) < 4.78 is 22.3. The minimum Gasteiger partial charge on any atom is -0.338 e. The van der Waals surface area contributed by atoms with Crippen LogP contribution >= 0.6 is 12.4 Å². The number of carbonyl (C=O) groups is 1. The molecule has 20 heavy (non-hydrogen) atoms. The molecule has 0 spiro atoms. The van der Waals surface area contributed by atoms with Gasteiger partial charge in [-0.05, 0) is 31.7 Å². The maximum absolute atomic E-state index is 11.7. The lowest BCUT2D eigenvalue weighted by Gasteiger charge is -2.25. The fourth-order valence-electron chi connectivity index (χ4n) is 1.65. The summed E-state index contributed by atoms with van der Waals surface area (Å²) in [6.07, 6.45) is 0. The van der Waals surface area contributed by atoms with E-state index >= 15 is 0 Å². The number of sulfonamides is 1. The molecular weight excluding hydrogens is 302 g/mol. The van der Waals surface area contributed by atoms with Crippen molar-refractivity contribution in [3.05, 3.63) is 29.8 Å². The maximum Gasteiger partial charge on any atom is 0.238 e. The van der Waals surface area contributed by atoms with Crippen LogP contribution in [0.5, 0.6) is 0 Å². The van der Waals surface area contributed by atoms with Gasteiger partial charge in [-0.25, -0.2) is 13.6 Å². The Hall–Kier alpha value is -1.15. The van der Waals surface area contributed by atoms with Crippen LogP contribution in [-0.2, 0) is 14.8 Å². The predicted octanol–water partition coefficient (Wildman–Crippen LogP) is 0.495. The van der Waals surface area contributed by atoms with E-state index in [0.717, 1.165) is 5.56 Å². The van der Waals surface area contributed by atoms with Crippen molar-refractivity contribution in [3.63, 3.8) is 0 Å². The third kappa shape index (κ3) is 4.75. The normalized spacial score (nSPS) is 12.4. The van der Waals surface area contributed by atoms with Crippen LogP contribution in [0.4, 0.5) is 0 Å². The SMILES string of the molecule is CNCC(=O)N(C)C(C)c1ccc(S(N)(=O)=O)cc1.Cl. The summed E-state index contributed by atoms with van der Waals surface area (Å²) >= 11 is 0. The second kappa shape index (κ2) is 7.58. The highest BCUT2D eigenvalue weighted by Gasteiger charge is 2.17. The van der Waals surface area contributed by atoms with Gasteiger partial charge in [0.15, 0.2) is 0 Å². The molecule has 0 saturated carbocycles. The van der Waals surface area contributed by atoms with E-state index < -0.39 is 10.0 Å². The molecule has 1 amide bonds. The monoisotopic (exact) mass is 321 g/mol. The van der Waals surface area contributed by atoms with Crippen molar-refractivity contribution in [3.8, 4) is 0 Å². The van der Waals surface area contributed by atoms with E-state index in [1.807, 2.05) is 6.92 Å². The van der Waals surface area contributed by atoms with Gasteiger partial charge in [0.05, 0.1) is 17.5 Å². The lowest BCUT2D eigenvalue weighted by Crippen LogP contribution is -2.35. The lowest BCUT2D eigenvalue weighted by molar-refractivity contribution is -0.130. The van der Waals surface area contributed by atoms with Gasteiger partial charge in [0, 0.05) is 7.05 Å². The number of primary sulfonamides is 1. The number of likely N-dealkylation sites (N-methyl/N-ethyl adjacent to an activating group) is 2. The number of nitrogens with zero attached hydrogens (tertiary/aromatic N) is 1. The second-order valence-corrected chi connectivity index (χ2v) is 5.89. The number of nitrogens with two attached hydrogens (primary N) is 1. The Morgan fingerprint density at radius 1 is 1.35 bits per heavy atom. The van der Waals surface area contributed by atoms with Gasteiger partial charge in [-0.1, -0.05) is 12.1 Å². The van der Waals surface area contributed by atoms with Gasteiger partial charge in [0.2, 0.25) is 15.9 Å². The molecule has 0 aliphatic rings. The van der Waals surface area contributed by atoms with Crippen LogP contribution in [0.15, 0.2) is 29.2 Å². The average Bonchev–Trinajstić information content (AvgIpc) is 2.36. The molecule has 1 rings (SSSR count).